The third kappa shape index (κ3) is 6.00. The maximum absolute atomic E-state index is 12.6. The molecule has 0 bridgehead atoms. The smallest absolute Gasteiger partial charge is 0.328 e. The molecule has 3 N–H and O–H groups in total. The topological polar surface area (TPSA) is 125 Å². The minimum atomic E-state index is -3.99. The monoisotopic (exact) mass is 498 g/mol. The van der Waals surface area contributed by atoms with E-state index in [4.69, 9.17) is 0 Å². The molecule has 0 unspecified atom stereocenters. The SMILES string of the molecule is CC1CCC(NC(=O)NS(=O)(=O)c2ccc(CCNC(=O)N3Cc4ccccc4C3=O)cc2)CC1. The molecule has 0 saturated heterocycles. The highest BCUT2D eigenvalue weighted by atomic mass is 32.2. The summed E-state index contributed by atoms with van der Waals surface area (Å²) >= 11 is 0. The summed E-state index contributed by atoms with van der Waals surface area (Å²) in [4.78, 5) is 38.2. The van der Waals surface area contributed by atoms with Crippen molar-refractivity contribution in [1.82, 2.24) is 20.3 Å². The second kappa shape index (κ2) is 10.5. The summed E-state index contributed by atoms with van der Waals surface area (Å²) in [5.41, 5.74) is 2.16. The Hall–Kier alpha value is -3.40. The van der Waals surface area contributed by atoms with Crippen LogP contribution in [0.5, 0.6) is 0 Å². The fraction of sp³-hybridized carbons (Fsp3) is 0.400. The van der Waals surface area contributed by atoms with Crippen molar-refractivity contribution in [2.24, 2.45) is 5.92 Å². The summed E-state index contributed by atoms with van der Waals surface area (Å²) in [6.07, 6.45) is 4.18. The third-order valence-electron chi connectivity index (χ3n) is 6.57. The maximum atomic E-state index is 12.6. The zero-order valence-electron chi connectivity index (χ0n) is 19.6. The Kier molecular flexibility index (Phi) is 7.39. The first kappa shape index (κ1) is 24.7. The number of benzene rings is 2. The summed E-state index contributed by atoms with van der Waals surface area (Å²) in [7, 11) is -3.99. The Bertz CT molecular complexity index is 1200. The average molecular weight is 499 g/mol. The molecule has 186 valence electrons. The standard InChI is InChI=1S/C25H30N4O5S/c1-17-6-10-20(11-7-17)27-24(31)28-35(33,34)21-12-8-18(9-13-21)14-15-26-25(32)29-16-19-4-2-3-5-22(19)23(29)30/h2-5,8-9,12-13,17,20H,6-7,10-11,14-16H2,1H3,(H,26,32)(H2,27,28,31). The molecule has 2 aliphatic rings. The van der Waals surface area contributed by atoms with E-state index in [1.54, 1.807) is 24.3 Å². The van der Waals surface area contributed by atoms with Crippen LogP contribution < -0.4 is 15.4 Å². The molecule has 1 fully saturated rings. The van der Waals surface area contributed by atoms with E-state index in [1.165, 1.54) is 17.0 Å². The number of rotatable bonds is 6. The molecule has 5 amide bonds. The summed E-state index contributed by atoms with van der Waals surface area (Å²) in [6.45, 7) is 2.70. The van der Waals surface area contributed by atoms with Crippen LogP contribution in [0.3, 0.4) is 0 Å². The normalized spacial score (nSPS) is 19.7. The molecule has 1 heterocycles. The summed E-state index contributed by atoms with van der Waals surface area (Å²) < 4.78 is 27.2. The molecule has 1 saturated carbocycles. The largest absolute Gasteiger partial charge is 0.337 e. The van der Waals surface area contributed by atoms with E-state index in [0.29, 0.717) is 17.9 Å². The van der Waals surface area contributed by atoms with Crippen molar-refractivity contribution in [3.63, 3.8) is 0 Å². The van der Waals surface area contributed by atoms with Crippen molar-refractivity contribution < 1.29 is 22.8 Å². The highest BCUT2D eigenvalue weighted by Gasteiger charge is 2.31. The van der Waals surface area contributed by atoms with Crippen molar-refractivity contribution in [2.75, 3.05) is 6.54 Å². The van der Waals surface area contributed by atoms with Gasteiger partial charge in [0.2, 0.25) is 0 Å². The lowest BCUT2D eigenvalue weighted by Crippen LogP contribution is -2.45. The minimum Gasteiger partial charge on any atom is -0.337 e. The first-order valence-electron chi connectivity index (χ1n) is 11.8. The lowest BCUT2D eigenvalue weighted by atomic mass is 9.87. The number of sulfonamides is 1. The first-order chi connectivity index (χ1) is 16.7. The van der Waals surface area contributed by atoms with Crippen LogP contribution in [0.4, 0.5) is 9.59 Å². The molecular formula is C25H30N4O5S. The zero-order valence-corrected chi connectivity index (χ0v) is 20.4. The van der Waals surface area contributed by atoms with Gasteiger partial charge in [-0.05, 0) is 67.3 Å². The number of hydrogen-bond donors (Lipinski definition) is 3. The number of amides is 5. The van der Waals surface area contributed by atoms with Crippen molar-refractivity contribution in [1.29, 1.82) is 0 Å². The van der Waals surface area contributed by atoms with E-state index in [9.17, 15) is 22.8 Å². The van der Waals surface area contributed by atoms with Gasteiger partial charge in [0.05, 0.1) is 11.4 Å². The van der Waals surface area contributed by atoms with Crippen LogP contribution in [-0.2, 0) is 23.0 Å². The fourth-order valence-electron chi connectivity index (χ4n) is 4.46. The Labute approximate surface area is 205 Å². The molecule has 1 aliphatic carbocycles. The summed E-state index contributed by atoms with van der Waals surface area (Å²) in [6, 6.07) is 12.1. The number of imide groups is 1. The van der Waals surface area contributed by atoms with Crippen LogP contribution in [0.25, 0.3) is 0 Å². The molecule has 9 nitrogen and oxygen atoms in total. The van der Waals surface area contributed by atoms with Gasteiger partial charge in [0.1, 0.15) is 0 Å². The highest BCUT2D eigenvalue weighted by molar-refractivity contribution is 7.90. The van der Waals surface area contributed by atoms with Gasteiger partial charge in [-0.2, -0.15) is 0 Å². The van der Waals surface area contributed by atoms with Gasteiger partial charge < -0.3 is 10.6 Å². The van der Waals surface area contributed by atoms with E-state index in [1.807, 2.05) is 12.1 Å². The molecule has 0 atom stereocenters. The lowest BCUT2D eigenvalue weighted by molar-refractivity contribution is 0.0821. The van der Waals surface area contributed by atoms with Gasteiger partial charge in [-0.25, -0.2) is 22.7 Å². The summed E-state index contributed by atoms with van der Waals surface area (Å²) in [5, 5.41) is 5.48. The zero-order chi connectivity index (χ0) is 25.0. The Morgan fingerprint density at radius 3 is 2.37 bits per heavy atom. The Morgan fingerprint density at radius 2 is 1.69 bits per heavy atom. The van der Waals surface area contributed by atoms with Crippen LogP contribution in [0.1, 0.15) is 54.1 Å². The molecule has 2 aromatic carbocycles. The Morgan fingerprint density at radius 1 is 1.00 bits per heavy atom. The molecule has 35 heavy (non-hydrogen) atoms. The van der Waals surface area contributed by atoms with Crippen LogP contribution >= 0.6 is 0 Å². The lowest BCUT2D eigenvalue weighted by Gasteiger charge is -2.26. The highest BCUT2D eigenvalue weighted by Crippen LogP contribution is 2.24. The average Bonchev–Trinajstić information content (AvgIpc) is 3.17. The molecule has 0 spiro atoms. The number of nitrogens with one attached hydrogen (secondary N) is 3. The van der Waals surface area contributed by atoms with E-state index < -0.39 is 22.1 Å². The maximum Gasteiger partial charge on any atom is 0.328 e. The van der Waals surface area contributed by atoms with Gasteiger partial charge >= 0.3 is 12.1 Å². The second-order valence-electron chi connectivity index (χ2n) is 9.21. The van der Waals surface area contributed by atoms with Crippen molar-refractivity contribution in [2.45, 2.75) is 56.5 Å². The Balaban J connectivity index is 1.24. The number of carbonyl (C=O) groups excluding carboxylic acids is 3. The molecule has 4 rings (SSSR count). The van der Waals surface area contributed by atoms with E-state index in [2.05, 4.69) is 22.3 Å². The van der Waals surface area contributed by atoms with Gasteiger partial charge in [0, 0.05) is 18.2 Å². The van der Waals surface area contributed by atoms with E-state index in [-0.39, 0.29) is 29.9 Å². The molecule has 2 aromatic rings. The van der Waals surface area contributed by atoms with Crippen LogP contribution in [-0.4, -0.2) is 43.9 Å². The molecule has 0 radical (unpaired) electrons. The van der Waals surface area contributed by atoms with Gasteiger partial charge in [-0.15, -0.1) is 0 Å². The predicted molar refractivity (Wildman–Crippen MR) is 130 cm³/mol. The number of hydrogen-bond acceptors (Lipinski definition) is 5. The molecule has 1 aliphatic heterocycles. The number of urea groups is 2. The number of carbonyl (C=O) groups is 3. The van der Waals surface area contributed by atoms with E-state index >= 15 is 0 Å². The van der Waals surface area contributed by atoms with Crippen LogP contribution in [0, 0.1) is 5.92 Å². The number of fused-ring (bicyclic) bond motifs is 1. The predicted octanol–water partition coefficient (Wildman–Crippen LogP) is 3.16. The van der Waals surface area contributed by atoms with Gasteiger partial charge in [0.25, 0.3) is 15.9 Å². The quantitative estimate of drug-likeness (QED) is 0.564. The van der Waals surface area contributed by atoms with Crippen molar-refractivity contribution in [3.8, 4) is 0 Å². The van der Waals surface area contributed by atoms with Crippen LogP contribution in [0.2, 0.25) is 0 Å². The van der Waals surface area contributed by atoms with Crippen LogP contribution in [0.15, 0.2) is 53.4 Å². The molecule has 0 aromatic heterocycles. The fourth-order valence-corrected chi connectivity index (χ4v) is 5.38. The van der Waals surface area contributed by atoms with Crippen molar-refractivity contribution >= 4 is 28.0 Å². The van der Waals surface area contributed by atoms with Gasteiger partial charge in [0.15, 0.2) is 0 Å². The summed E-state index contributed by atoms with van der Waals surface area (Å²) in [5.74, 6) is 0.314. The molecule has 10 heteroatoms. The number of nitrogens with zero attached hydrogens (tertiary/aromatic N) is 1. The van der Waals surface area contributed by atoms with Gasteiger partial charge in [-0.1, -0.05) is 37.3 Å². The first-order valence-corrected chi connectivity index (χ1v) is 13.3. The minimum absolute atomic E-state index is 0.0102. The third-order valence-corrected chi connectivity index (χ3v) is 7.92. The second-order valence-corrected chi connectivity index (χ2v) is 10.9. The molecular weight excluding hydrogens is 468 g/mol. The van der Waals surface area contributed by atoms with Gasteiger partial charge in [-0.3, -0.25) is 9.69 Å². The van der Waals surface area contributed by atoms with Crippen molar-refractivity contribution in [3.05, 3.63) is 65.2 Å². The van der Waals surface area contributed by atoms with E-state index in [0.717, 1.165) is 36.8 Å².